The van der Waals surface area contributed by atoms with Crippen LogP contribution in [0.3, 0.4) is 0 Å². The molecule has 1 aliphatic rings. The largest absolute Gasteiger partial charge is 0.378 e. The summed E-state index contributed by atoms with van der Waals surface area (Å²) in [6, 6.07) is 2.50. The first-order valence-electron chi connectivity index (χ1n) is 5.02. The number of nitrogens with zero attached hydrogens (tertiary/aromatic N) is 1. The molecule has 1 aliphatic heterocycles. The van der Waals surface area contributed by atoms with Crippen LogP contribution in [0, 0.1) is 5.92 Å². The monoisotopic (exact) mass is 212 g/mol. The van der Waals surface area contributed by atoms with Crippen molar-refractivity contribution in [2.45, 2.75) is 25.5 Å². The van der Waals surface area contributed by atoms with Crippen LogP contribution in [0.25, 0.3) is 0 Å². The van der Waals surface area contributed by atoms with Crippen LogP contribution >= 0.6 is 11.5 Å². The average molecular weight is 212 g/mol. The van der Waals surface area contributed by atoms with Gasteiger partial charge < -0.3 is 10.1 Å². The maximum atomic E-state index is 5.59. The van der Waals surface area contributed by atoms with Gasteiger partial charge in [-0.3, -0.25) is 0 Å². The zero-order valence-electron chi connectivity index (χ0n) is 8.56. The highest BCUT2D eigenvalue weighted by Gasteiger charge is 2.32. The second kappa shape index (κ2) is 4.38. The van der Waals surface area contributed by atoms with E-state index >= 15 is 0 Å². The van der Waals surface area contributed by atoms with E-state index in [9.17, 15) is 0 Å². The number of aromatic nitrogens is 1. The topological polar surface area (TPSA) is 34.2 Å². The summed E-state index contributed by atoms with van der Waals surface area (Å²) in [5.41, 5.74) is 0. The number of ether oxygens (including phenoxy) is 1. The number of nitrogens with one attached hydrogen (secondary N) is 1. The summed E-state index contributed by atoms with van der Waals surface area (Å²) < 4.78 is 9.74. The maximum absolute atomic E-state index is 5.59. The molecule has 2 heterocycles. The summed E-state index contributed by atoms with van der Waals surface area (Å²) in [6.45, 7) is 3.05. The van der Waals surface area contributed by atoms with Crippen molar-refractivity contribution in [3.63, 3.8) is 0 Å². The Balaban J connectivity index is 2.13. The van der Waals surface area contributed by atoms with Crippen LogP contribution in [0.5, 0.6) is 0 Å². The van der Waals surface area contributed by atoms with Gasteiger partial charge >= 0.3 is 0 Å². The van der Waals surface area contributed by atoms with Gasteiger partial charge in [0.25, 0.3) is 0 Å². The molecule has 0 aromatic carbocycles. The van der Waals surface area contributed by atoms with E-state index in [0.29, 0.717) is 18.1 Å². The molecule has 2 rings (SSSR count). The van der Waals surface area contributed by atoms with Gasteiger partial charge in [0.2, 0.25) is 0 Å². The molecule has 14 heavy (non-hydrogen) atoms. The fourth-order valence-corrected chi connectivity index (χ4v) is 2.91. The summed E-state index contributed by atoms with van der Waals surface area (Å²) in [6.07, 6.45) is 3.37. The van der Waals surface area contributed by atoms with E-state index in [1.165, 1.54) is 4.88 Å². The molecule has 0 radical (unpaired) electrons. The highest BCUT2D eigenvalue weighted by molar-refractivity contribution is 7.05. The molecule has 0 aliphatic carbocycles. The van der Waals surface area contributed by atoms with E-state index in [0.717, 1.165) is 13.0 Å². The molecular weight excluding hydrogens is 196 g/mol. The van der Waals surface area contributed by atoms with Crippen LogP contribution in [0.4, 0.5) is 0 Å². The lowest BCUT2D eigenvalue weighted by atomic mass is 9.92. The van der Waals surface area contributed by atoms with E-state index in [2.05, 4.69) is 22.7 Å². The normalized spacial score (nSPS) is 29.3. The van der Waals surface area contributed by atoms with Gasteiger partial charge in [-0.1, -0.05) is 0 Å². The molecule has 78 valence electrons. The second-order valence-electron chi connectivity index (χ2n) is 3.71. The molecule has 3 nitrogen and oxygen atoms in total. The molecule has 1 N–H and O–H groups in total. The SMILES string of the molecule is CNC(c1ccns1)C1CCOC1C. The van der Waals surface area contributed by atoms with Crippen LogP contribution in [0.2, 0.25) is 0 Å². The summed E-state index contributed by atoms with van der Waals surface area (Å²) >= 11 is 1.58. The van der Waals surface area contributed by atoms with E-state index in [1.54, 1.807) is 11.5 Å². The minimum absolute atomic E-state index is 0.356. The fourth-order valence-electron chi connectivity index (χ4n) is 2.14. The highest BCUT2D eigenvalue weighted by Crippen LogP contribution is 2.34. The second-order valence-corrected chi connectivity index (χ2v) is 4.57. The molecule has 3 atom stereocenters. The lowest BCUT2D eigenvalue weighted by molar-refractivity contribution is 0.0966. The van der Waals surface area contributed by atoms with Crippen LogP contribution in [0.1, 0.15) is 24.3 Å². The van der Waals surface area contributed by atoms with Gasteiger partial charge in [0.05, 0.1) is 6.10 Å². The van der Waals surface area contributed by atoms with Gasteiger partial charge in [0.1, 0.15) is 0 Å². The van der Waals surface area contributed by atoms with E-state index in [4.69, 9.17) is 4.74 Å². The Hall–Kier alpha value is -0.450. The zero-order chi connectivity index (χ0) is 9.97. The Morgan fingerprint density at radius 2 is 2.57 bits per heavy atom. The van der Waals surface area contributed by atoms with Gasteiger partial charge in [-0.25, -0.2) is 4.37 Å². The lowest BCUT2D eigenvalue weighted by Gasteiger charge is -2.23. The number of hydrogen-bond acceptors (Lipinski definition) is 4. The Morgan fingerprint density at radius 1 is 1.71 bits per heavy atom. The molecule has 1 aromatic rings. The smallest absolute Gasteiger partial charge is 0.0594 e. The predicted octanol–water partition coefficient (Wildman–Crippen LogP) is 1.83. The minimum Gasteiger partial charge on any atom is -0.378 e. The third kappa shape index (κ3) is 1.82. The van der Waals surface area contributed by atoms with Crippen molar-refractivity contribution in [3.05, 3.63) is 17.1 Å². The van der Waals surface area contributed by atoms with Gasteiger partial charge in [-0.2, -0.15) is 0 Å². The molecule has 0 bridgehead atoms. The van der Waals surface area contributed by atoms with Gasteiger partial charge in [0.15, 0.2) is 0 Å². The van der Waals surface area contributed by atoms with Gasteiger partial charge in [0, 0.05) is 29.6 Å². The van der Waals surface area contributed by atoms with E-state index in [-0.39, 0.29) is 0 Å². The van der Waals surface area contributed by atoms with Crippen molar-refractivity contribution in [1.29, 1.82) is 0 Å². The quantitative estimate of drug-likeness (QED) is 0.830. The van der Waals surface area contributed by atoms with Crippen molar-refractivity contribution >= 4 is 11.5 Å². The van der Waals surface area contributed by atoms with Gasteiger partial charge in [-0.15, -0.1) is 0 Å². The molecule has 1 fully saturated rings. The van der Waals surface area contributed by atoms with Crippen LogP contribution in [0.15, 0.2) is 12.3 Å². The molecule has 3 unspecified atom stereocenters. The zero-order valence-corrected chi connectivity index (χ0v) is 9.38. The molecule has 0 spiro atoms. The first kappa shape index (κ1) is 10.1. The average Bonchev–Trinajstić information content (AvgIpc) is 2.80. The summed E-state index contributed by atoms with van der Waals surface area (Å²) in [7, 11) is 2.01. The van der Waals surface area contributed by atoms with Crippen molar-refractivity contribution in [1.82, 2.24) is 9.69 Å². The first-order valence-corrected chi connectivity index (χ1v) is 5.79. The Labute approximate surface area is 88.6 Å². The third-order valence-corrected chi connectivity index (χ3v) is 3.77. The van der Waals surface area contributed by atoms with Crippen molar-refractivity contribution in [3.8, 4) is 0 Å². The van der Waals surface area contributed by atoms with E-state index in [1.807, 2.05) is 13.2 Å². The number of hydrogen-bond donors (Lipinski definition) is 1. The molecular formula is C10H16N2OS. The van der Waals surface area contributed by atoms with Crippen molar-refractivity contribution in [2.75, 3.05) is 13.7 Å². The summed E-state index contributed by atoms with van der Waals surface area (Å²) in [5, 5.41) is 3.37. The highest BCUT2D eigenvalue weighted by atomic mass is 32.1. The molecule has 1 saturated heterocycles. The van der Waals surface area contributed by atoms with Crippen molar-refractivity contribution < 1.29 is 4.74 Å². The first-order chi connectivity index (χ1) is 6.83. The Kier molecular flexibility index (Phi) is 3.15. The van der Waals surface area contributed by atoms with Crippen molar-refractivity contribution in [2.24, 2.45) is 5.92 Å². The van der Waals surface area contributed by atoms with Crippen LogP contribution in [-0.4, -0.2) is 24.1 Å². The lowest BCUT2D eigenvalue weighted by Crippen LogP contribution is -2.28. The van der Waals surface area contributed by atoms with E-state index < -0.39 is 0 Å². The fraction of sp³-hybridized carbons (Fsp3) is 0.700. The third-order valence-electron chi connectivity index (χ3n) is 2.94. The minimum atomic E-state index is 0.356. The Bertz CT molecular complexity index is 276. The molecule has 0 saturated carbocycles. The molecule has 1 aromatic heterocycles. The standard InChI is InChI=1S/C10H16N2OS/c1-7-8(4-6-13-7)10(11-2)9-3-5-12-14-9/h3,5,7-8,10-11H,4,6H2,1-2H3. The van der Waals surface area contributed by atoms with Crippen LogP contribution in [-0.2, 0) is 4.74 Å². The molecule has 4 heteroatoms. The maximum Gasteiger partial charge on any atom is 0.0594 e. The predicted molar refractivity (Wildman–Crippen MR) is 57.4 cm³/mol. The summed E-state index contributed by atoms with van der Waals surface area (Å²) in [4.78, 5) is 1.31. The van der Waals surface area contributed by atoms with Crippen LogP contribution < -0.4 is 5.32 Å². The summed E-state index contributed by atoms with van der Waals surface area (Å²) in [5.74, 6) is 0.584. The number of rotatable bonds is 3. The Morgan fingerprint density at radius 3 is 3.07 bits per heavy atom. The molecule has 0 amide bonds. The van der Waals surface area contributed by atoms with Gasteiger partial charge in [-0.05, 0) is 38.0 Å².